The first-order chi connectivity index (χ1) is 26.5. The molecule has 0 amide bonds. The number of furan rings is 2. The van der Waals surface area contributed by atoms with Crippen molar-refractivity contribution in [1.29, 1.82) is 0 Å². The molecule has 0 aliphatic heterocycles. The minimum absolute atomic E-state index is 0.0981. The molecule has 2 aromatic heterocycles. The second-order valence-electron chi connectivity index (χ2n) is 16.0. The summed E-state index contributed by atoms with van der Waals surface area (Å²) in [4.78, 5) is 2.67. The number of para-hydroxylation sites is 1. The maximum atomic E-state index is 7.04. The van der Waals surface area contributed by atoms with Crippen molar-refractivity contribution >= 4 is 55.1 Å². The number of nitrogens with zero attached hydrogens (tertiary/aromatic N) is 1. The van der Waals surface area contributed by atoms with Crippen molar-refractivity contribution in [2.24, 2.45) is 0 Å². The second kappa shape index (κ2) is 12.0. The molecule has 0 radical (unpaired) electrons. The van der Waals surface area contributed by atoms with E-state index < -0.39 is 0 Å². The summed E-state index contributed by atoms with van der Waals surface area (Å²) in [6, 6.07) is 55.7. The smallest absolute Gasteiger partial charge is 0.159 e. The van der Waals surface area contributed by atoms with Crippen molar-refractivity contribution in [2.45, 2.75) is 56.9 Å². The summed E-state index contributed by atoms with van der Waals surface area (Å²) in [5.74, 6) is 1.44. The van der Waals surface area contributed by atoms with E-state index in [0.717, 1.165) is 69.9 Å². The highest BCUT2D eigenvalue weighted by atomic mass is 16.3. The molecule has 262 valence electrons. The van der Waals surface area contributed by atoms with E-state index in [9.17, 15) is 0 Å². The first-order valence-corrected chi connectivity index (χ1v) is 19.5. The lowest BCUT2D eigenvalue weighted by Crippen LogP contribution is -2.35. The zero-order chi connectivity index (χ0) is 36.0. The zero-order valence-corrected chi connectivity index (χ0v) is 30.7. The van der Waals surface area contributed by atoms with Crippen molar-refractivity contribution in [2.75, 3.05) is 4.90 Å². The number of hydrogen-bond acceptors (Lipinski definition) is 3. The van der Waals surface area contributed by atoms with Gasteiger partial charge in [-0.15, -0.1) is 0 Å². The molecule has 3 heteroatoms. The fraction of sp³-hybridized carbons (Fsp3) is 0.176. The Labute approximate surface area is 315 Å². The van der Waals surface area contributed by atoms with Gasteiger partial charge in [0.05, 0.1) is 5.69 Å². The average Bonchev–Trinajstić information content (AvgIpc) is 3.89. The third kappa shape index (κ3) is 4.81. The van der Waals surface area contributed by atoms with Gasteiger partial charge in [-0.25, -0.2) is 0 Å². The van der Waals surface area contributed by atoms with Gasteiger partial charge in [-0.05, 0) is 113 Å². The van der Waals surface area contributed by atoms with Gasteiger partial charge in [0, 0.05) is 44.3 Å². The lowest BCUT2D eigenvalue weighted by molar-refractivity contribution is 0.392. The Morgan fingerprint density at radius 2 is 1.28 bits per heavy atom. The highest BCUT2D eigenvalue weighted by molar-refractivity contribution is 6.19. The summed E-state index contributed by atoms with van der Waals surface area (Å²) in [5.41, 5.74) is 13.0. The minimum atomic E-state index is -0.0981. The van der Waals surface area contributed by atoms with Crippen LogP contribution in [0, 0.1) is 0 Å². The SMILES string of the molecule is CC1(C)c2ccccc2-c2ccc(N(c3c4ccccc4cc4c3oc3ccc(-c5cc6ccccc6o5)cc34)C3CCC(c4ccccc4)CC3)cc21. The molecule has 0 spiro atoms. The fourth-order valence-corrected chi connectivity index (χ4v) is 9.83. The molecule has 9 aromatic rings. The van der Waals surface area contributed by atoms with Gasteiger partial charge in [0.15, 0.2) is 5.58 Å². The Morgan fingerprint density at radius 3 is 2.13 bits per heavy atom. The molecule has 2 aliphatic carbocycles. The van der Waals surface area contributed by atoms with Crippen LogP contribution in [0.3, 0.4) is 0 Å². The molecule has 7 aromatic carbocycles. The van der Waals surface area contributed by atoms with Crippen LogP contribution in [0.4, 0.5) is 11.4 Å². The molecule has 0 bridgehead atoms. The van der Waals surface area contributed by atoms with E-state index in [1.807, 2.05) is 12.1 Å². The number of fused-ring (bicyclic) bond motifs is 8. The molecule has 2 aliphatic rings. The predicted octanol–water partition coefficient (Wildman–Crippen LogP) is 14.3. The topological polar surface area (TPSA) is 29.5 Å². The first-order valence-electron chi connectivity index (χ1n) is 19.5. The number of anilines is 2. The summed E-state index contributed by atoms with van der Waals surface area (Å²) in [6.45, 7) is 4.76. The van der Waals surface area contributed by atoms with Crippen LogP contribution in [0.1, 0.15) is 62.1 Å². The van der Waals surface area contributed by atoms with Crippen molar-refractivity contribution < 1.29 is 8.83 Å². The van der Waals surface area contributed by atoms with Gasteiger partial charge < -0.3 is 13.7 Å². The molecule has 11 rings (SSSR count). The maximum absolute atomic E-state index is 7.04. The minimum Gasteiger partial charge on any atom is -0.456 e. The van der Waals surface area contributed by atoms with Gasteiger partial charge in [0.2, 0.25) is 0 Å². The largest absolute Gasteiger partial charge is 0.456 e. The van der Waals surface area contributed by atoms with Crippen LogP contribution >= 0.6 is 0 Å². The van der Waals surface area contributed by atoms with Crippen LogP contribution in [0.15, 0.2) is 160 Å². The summed E-state index contributed by atoms with van der Waals surface area (Å²) in [5, 5.41) is 5.78. The van der Waals surface area contributed by atoms with Crippen LogP contribution in [-0.4, -0.2) is 6.04 Å². The van der Waals surface area contributed by atoms with E-state index >= 15 is 0 Å². The predicted molar refractivity (Wildman–Crippen MR) is 224 cm³/mol. The van der Waals surface area contributed by atoms with Crippen LogP contribution in [0.2, 0.25) is 0 Å². The highest BCUT2D eigenvalue weighted by Gasteiger charge is 2.37. The van der Waals surface area contributed by atoms with Crippen LogP contribution in [0.5, 0.6) is 0 Å². The summed E-state index contributed by atoms with van der Waals surface area (Å²) < 4.78 is 13.4. The number of hydrogen-bond donors (Lipinski definition) is 0. The first kappa shape index (κ1) is 31.5. The third-order valence-corrected chi connectivity index (χ3v) is 12.6. The van der Waals surface area contributed by atoms with E-state index in [2.05, 4.69) is 158 Å². The van der Waals surface area contributed by atoms with E-state index in [1.54, 1.807) is 0 Å². The van der Waals surface area contributed by atoms with E-state index in [-0.39, 0.29) is 5.41 Å². The second-order valence-corrected chi connectivity index (χ2v) is 16.0. The average molecular weight is 700 g/mol. The Balaban J connectivity index is 1.12. The molecule has 0 N–H and O–H groups in total. The Kier molecular flexibility index (Phi) is 6.98. The van der Waals surface area contributed by atoms with Gasteiger partial charge in [0.1, 0.15) is 16.9 Å². The van der Waals surface area contributed by atoms with E-state index in [4.69, 9.17) is 8.83 Å². The fourth-order valence-electron chi connectivity index (χ4n) is 9.83. The van der Waals surface area contributed by atoms with Gasteiger partial charge in [0.25, 0.3) is 0 Å². The van der Waals surface area contributed by atoms with E-state index in [1.165, 1.54) is 50.0 Å². The Morgan fingerprint density at radius 1 is 0.537 bits per heavy atom. The Bertz CT molecular complexity index is 2850. The van der Waals surface area contributed by atoms with Crippen molar-refractivity contribution in [3.8, 4) is 22.5 Å². The van der Waals surface area contributed by atoms with Crippen molar-refractivity contribution in [3.05, 3.63) is 168 Å². The molecular formula is C51H41NO2. The number of benzene rings is 7. The summed E-state index contributed by atoms with van der Waals surface area (Å²) >= 11 is 0. The normalized spacial score (nSPS) is 17.7. The molecule has 54 heavy (non-hydrogen) atoms. The summed E-state index contributed by atoms with van der Waals surface area (Å²) in [7, 11) is 0. The molecule has 0 atom stereocenters. The van der Waals surface area contributed by atoms with Gasteiger partial charge in [-0.3, -0.25) is 0 Å². The highest BCUT2D eigenvalue weighted by Crippen LogP contribution is 2.52. The summed E-state index contributed by atoms with van der Waals surface area (Å²) in [6.07, 6.45) is 4.51. The standard InChI is InChI=1S/C51H41NO2/c1-51(2)44-18-10-9-17-40(44)41-26-25-38(31-45(41)51)52(37-23-20-33(21-24-37)32-12-4-3-5-13-32)49-39-16-8-6-14-34(39)28-43-42-29-36(22-27-47(42)54-50(43)49)48-30-35-15-7-11-19-46(35)53-48/h3-19,22,25-31,33,37H,20-21,23-24H2,1-2H3. The lowest BCUT2D eigenvalue weighted by Gasteiger charge is -2.39. The molecule has 2 heterocycles. The third-order valence-electron chi connectivity index (χ3n) is 12.6. The zero-order valence-electron chi connectivity index (χ0n) is 30.7. The maximum Gasteiger partial charge on any atom is 0.159 e. The van der Waals surface area contributed by atoms with Crippen molar-refractivity contribution in [1.82, 2.24) is 0 Å². The Hall–Kier alpha value is -6.06. The molecule has 1 fully saturated rings. The quantitative estimate of drug-likeness (QED) is 0.179. The molecule has 1 saturated carbocycles. The number of rotatable bonds is 5. The molecular weight excluding hydrogens is 659 g/mol. The van der Waals surface area contributed by atoms with Crippen LogP contribution < -0.4 is 4.90 Å². The monoisotopic (exact) mass is 699 g/mol. The van der Waals surface area contributed by atoms with E-state index in [0.29, 0.717) is 12.0 Å². The van der Waals surface area contributed by atoms with Gasteiger partial charge in [-0.1, -0.05) is 117 Å². The molecule has 0 saturated heterocycles. The lowest BCUT2D eigenvalue weighted by atomic mass is 9.80. The van der Waals surface area contributed by atoms with Gasteiger partial charge in [-0.2, -0.15) is 0 Å². The molecule has 3 nitrogen and oxygen atoms in total. The van der Waals surface area contributed by atoms with Crippen LogP contribution in [-0.2, 0) is 5.41 Å². The molecule has 0 unspecified atom stereocenters. The van der Waals surface area contributed by atoms with Crippen LogP contribution in [0.25, 0.3) is 66.1 Å². The van der Waals surface area contributed by atoms with Crippen molar-refractivity contribution in [3.63, 3.8) is 0 Å². The van der Waals surface area contributed by atoms with Gasteiger partial charge >= 0.3 is 0 Å².